The second-order valence-corrected chi connectivity index (χ2v) is 17.9. The molecule has 6 atom stereocenters. The van der Waals surface area contributed by atoms with Crippen LogP contribution in [0.3, 0.4) is 0 Å². The second kappa shape index (κ2) is 15.1. The molecule has 2 aromatic rings. The van der Waals surface area contributed by atoms with Gasteiger partial charge in [-0.1, -0.05) is 54.1 Å². The lowest BCUT2D eigenvalue weighted by Crippen LogP contribution is -2.64. The van der Waals surface area contributed by atoms with Gasteiger partial charge in [-0.25, -0.2) is 8.42 Å². The highest BCUT2D eigenvalue weighted by Gasteiger charge is 2.46. The first-order valence-corrected chi connectivity index (χ1v) is 19.0. The minimum Gasteiger partial charge on any atom is -0.390 e. The molecule has 1 aliphatic carbocycles. The predicted octanol–water partition coefficient (Wildman–Crippen LogP) is 2.34. The second-order valence-electron chi connectivity index (χ2n) is 14.7. The third kappa shape index (κ3) is 9.58. The van der Waals surface area contributed by atoms with E-state index in [-0.39, 0.29) is 24.6 Å². The highest BCUT2D eigenvalue weighted by molar-refractivity contribution is 7.92. The fourth-order valence-corrected chi connectivity index (χ4v) is 7.68. The van der Waals surface area contributed by atoms with Crippen molar-refractivity contribution in [2.24, 2.45) is 11.8 Å². The van der Waals surface area contributed by atoms with Crippen molar-refractivity contribution < 1.29 is 27.9 Å². The summed E-state index contributed by atoms with van der Waals surface area (Å²) < 4.78 is 27.8. The van der Waals surface area contributed by atoms with Gasteiger partial charge in [0.1, 0.15) is 6.04 Å². The molecule has 1 aromatic heterocycles. The van der Waals surface area contributed by atoms with Crippen LogP contribution in [0.25, 0.3) is 0 Å². The van der Waals surface area contributed by atoms with E-state index in [9.17, 15) is 27.9 Å². The number of carbonyl (C=O) groups is 3. The van der Waals surface area contributed by atoms with E-state index in [2.05, 4.69) is 30.4 Å². The van der Waals surface area contributed by atoms with Gasteiger partial charge < -0.3 is 21.1 Å². The van der Waals surface area contributed by atoms with E-state index in [1.54, 1.807) is 0 Å². The van der Waals surface area contributed by atoms with Gasteiger partial charge in [0.2, 0.25) is 11.8 Å². The topological polar surface area (TPSA) is 171 Å². The van der Waals surface area contributed by atoms with Crippen molar-refractivity contribution in [3.8, 4) is 0 Å². The molecule has 14 heteroatoms. The van der Waals surface area contributed by atoms with E-state index in [4.69, 9.17) is 0 Å². The van der Waals surface area contributed by atoms with Gasteiger partial charge >= 0.3 is 0 Å². The van der Waals surface area contributed by atoms with E-state index >= 15 is 0 Å². The van der Waals surface area contributed by atoms with Crippen molar-refractivity contribution in [3.63, 3.8) is 0 Å². The Morgan fingerprint density at radius 1 is 1.04 bits per heavy atom. The number of β-amino-alcohol motifs (C(OH)–C–C–N with tert-alkyl or cyclic N) is 1. The molecular weight excluding hydrogens is 641 g/mol. The van der Waals surface area contributed by atoms with Gasteiger partial charge in [-0.2, -0.15) is 0 Å². The Bertz CT molecular complexity index is 1480. The molecule has 6 unspecified atom stereocenters. The number of nitrogens with zero attached hydrogens (tertiary/aromatic N) is 3. The molecular formula is C33H50N6O6S2. The molecule has 0 spiro atoms. The number of likely N-dealkylation sites (tertiary alicyclic amines) is 1. The number of hydrogen-bond donors (Lipinski definition) is 4. The largest absolute Gasteiger partial charge is 0.390 e. The van der Waals surface area contributed by atoms with E-state index in [1.165, 1.54) is 19.2 Å². The monoisotopic (exact) mass is 690 g/mol. The molecule has 4 rings (SSSR count). The number of carbonyl (C=O) groups excluding carboxylic acids is 3. The van der Waals surface area contributed by atoms with Gasteiger partial charge in [0, 0.05) is 30.3 Å². The zero-order chi connectivity index (χ0) is 34.6. The summed E-state index contributed by atoms with van der Waals surface area (Å²) >= 11 is 0.954. The molecule has 2 heterocycles. The van der Waals surface area contributed by atoms with Crippen LogP contribution in [-0.4, -0.2) is 99.6 Å². The first-order valence-electron chi connectivity index (χ1n) is 16.3. The Labute approximate surface area is 282 Å². The van der Waals surface area contributed by atoms with E-state index in [0.717, 1.165) is 49.0 Å². The maximum atomic E-state index is 14.0. The Kier molecular flexibility index (Phi) is 11.8. The summed E-state index contributed by atoms with van der Waals surface area (Å²) in [5, 5.41) is 25.6. The van der Waals surface area contributed by atoms with Crippen LogP contribution in [0.15, 0.2) is 35.7 Å². The SMILES string of the molecule is CC(C)(C)NC(=O)C1CC2CCCCC2CN1CC(O)C(Cc1ccccc1)NC(=O)C(NC(=O)c1csnn1)C(C)(C)S(C)(=O)=O. The number of aromatic nitrogens is 2. The number of benzene rings is 1. The van der Waals surface area contributed by atoms with Crippen LogP contribution >= 0.6 is 11.5 Å². The average molecular weight is 691 g/mol. The molecule has 260 valence electrons. The molecule has 1 saturated carbocycles. The highest BCUT2D eigenvalue weighted by Crippen LogP contribution is 2.39. The van der Waals surface area contributed by atoms with Crippen LogP contribution in [0, 0.1) is 11.8 Å². The number of fused-ring (bicyclic) bond motifs is 1. The van der Waals surface area contributed by atoms with Crippen LogP contribution in [0.2, 0.25) is 0 Å². The Balaban J connectivity index is 1.62. The van der Waals surface area contributed by atoms with Gasteiger partial charge in [0.25, 0.3) is 5.91 Å². The average Bonchev–Trinajstić information content (AvgIpc) is 3.53. The van der Waals surface area contributed by atoms with E-state index in [0.29, 0.717) is 24.8 Å². The number of sulfone groups is 1. The maximum absolute atomic E-state index is 14.0. The number of aliphatic hydroxyl groups excluding tert-OH is 1. The number of nitrogens with one attached hydrogen (secondary N) is 3. The van der Waals surface area contributed by atoms with Crippen molar-refractivity contribution >= 4 is 39.1 Å². The number of amides is 3. The zero-order valence-corrected chi connectivity index (χ0v) is 29.9. The first-order chi connectivity index (χ1) is 22.0. The summed E-state index contributed by atoms with van der Waals surface area (Å²) in [5.41, 5.74) is 0.389. The fourth-order valence-electron chi connectivity index (χ4n) is 6.65. The van der Waals surface area contributed by atoms with Crippen LogP contribution in [0.4, 0.5) is 0 Å². The van der Waals surface area contributed by atoms with Crippen LogP contribution < -0.4 is 16.0 Å². The molecule has 2 aliphatic rings. The Morgan fingerprint density at radius 3 is 2.30 bits per heavy atom. The Hall–Kier alpha value is -2.94. The predicted molar refractivity (Wildman–Crippen MR) is 181 cm³/mol. The lowest BCUT2D eigenvalue weighted by Gasteiger charge is -2.47. The fraction of sp³-hybridized carbons (Fsp3) is 0.667. The maximum Gasteiger partial charge on any atom is 0.273 e. The molecule has 12 nitrogen and oxygen atoms in total. The molecule has 4 N–H and O–H groups in total. The quantitative estimate of drug-likeness (QED) is 0.261. The molecule has 0 radical (unpaired) electrons. The number of hydrogen-bond acceptors (Lipinski definition) is 10. The number of piperidine rings is 1. The van der Waals surface area contributed by atoms with Crippen molar-refractivity contribution in [1.29, 1.82) is 0 Å². The van der Waals surface area contributed by atoms with Crippen molar-refractivity contribution in [2.45, 2.75) is 108 Å². The summed E-state index contributed by atoms with van der Waals surface area (Å²) in [6, 6.07) is 6.55. The molecule has 1 aromatic carbocycles. The third-order valence-electron chi connectivity index (χ3n) is 9.60. The minimum atomic E-state index is -3.87. The van der Waals surface area contributed by atoms with Gasteiger partial charge in [-0.3, -0.25) is 19.3 Å². The summed E-state index contributed by atoms with van der Waals surface area (Å²) in [7, 11) is -3.87. The van der Waals surface area contributed by atoms with E-state index in [1.807, 2.05) is 51.1 Å². The zero-order valence-electron chi connectivity index (χ0n) is 28.2. The molecule has 1 aliphatic heterocycles. The summed E-state index contributed by atoms with van der Waals surface area (Å²) in [4.78, 5) is 42.7. The smallest absolute Gasteiger partial charge is 0.273 e. The van der Waals surface area contributed by atoms with Crippen molar-refractivity contribution in [2.75, 3.05) is 19.3 Å². The molecule has 47 heavy (non-hydrogen) atoms. The minimum absolute atomic E-state index is 0.0383. The third-order valence-corrected chi connectivity index (χ3v) is 12.2. The highest BCUT2D eigenvalue weighted by atomic mass is 32.2. The van der Waals surface area contributed by atoms with Crippen LogP contribution in [0.1, 0.15) is 82.8 Å². The summed E-state index contributed by atoms with van der Waals surface area (Å²) in [6.07, 6.45) is 5.30. The van der Waals surface area contributed by atoms with Gasteiger partial charge in [0.15, 0.2) is 15.5 Å². The van der Waals surface area contributed by atoms with Gasteiger partial charge in [-0.15, -0.1) is 5.10 Å². The summed E-state index contributed by atoms with van der Waals surface area (Å²) in [6.45, 7) is 9.38. The summed E-state index contributed by atoms with van der Waals surface area (Å²) in [5.74, 6) is -0.703. The lowest BCUT2D eigenvalue weighted by molar-refractivity contribution is -0.133. The number of rotatable bonds is 12. The van der Waals surface area contributed by atoms with Crippen LogP contribution in [-0.2, 0) is 25.8 Å². The Morgan fingerprint density at radius 2 is 1.70 bits per heavy atom. The van der Waals surface area contributed by atoms with Crippen LogP contribution in [0.5, 0.6) is 0 Å². The standard InChI is InChI=1S/C33H50N6O6S2/c1-32(2,3)36-30(42)26-17-22-14-10-11-15-23(22)18-39(26)19-27(40)24(16-21-12-8-7-9-13-21)34-31(43)28(33(4,5)47(6,44)45)35-29(41)25-20-46-38-37-25/h7-9,12-13,20,22-24,26-28,40H,10-11,14-19H2,1-6H3,(H,34,43)(H,35,41)(H,36,42). The van der Waals surface area contributed by atoms with Crippen molar-refractivity contribution in [1.82, 2.24) is 30.4 Å². The normalized spacial score (nSPS) is 22.7. The molecule has 2 fully saturated rings. The first kappa shape index (κ1) is 36.9. The van der Waals surface area contributed by atoms with Gasteiger partial charge in [-0.05, 0) is 82.8 Å². The number of aliphatic hydroxyl groups is 1. The molecule has 0 bridgehead atoms. The molecule has 3 amide bonds. The lowest BCUT2D eigenvalue weighted by atomic mass is 9.72. The van der Waals surface area contributed by atoms with E-state index < -0.39 is 56.2 Å². The van der Waals surface area contributed by atoms with Gasteiger partial charge in [0.05, 0.1) is 22.9 Å². The van der Waals surface area contributed by atoms with Crippen molar-refractivity contribution in [3.05, 3.63) is 47.0 Å². The molecule has 1 saturated heterocycles.